The summed E-state index contributed by atoms with van der Waals surface area (Å²) in [5.41, 5.74) is 3.88. The summed E-state index contributed by atoms with van der Waals surface area (Å²) in [4.78, 5) is 0. The van der Waals surface area contributed by atoms with E-state index in [-0.39, 0.29) is 0 Å². The molecule has 1 aliphatic heterocycles. The quantitative estimate of drug-likeness (QED) is 0.361. The Morgan fingerprint density at radius 2 is 1.43 bits per heavy atom. The van der Waals surface area contributed by atoms with Crippen LogP contribution in [0.4, 0.5) is 11.4 Å². The molecule has 0 unspecified atom stereocenters. The highest BCUT2D eigenvalue weighted by Crippen LogP contribution is 2.43. The molecular formula is C28H30N2. The second-order valence-corrected chi connectivity index (χ2v) is 8.58. The Hall–Kier alpha value is -3.00. The Morgan fingerprint density at radius 3 is 2.13 bits per heavy atom. The van der Waals surface area contributed by atoms with E-state index in [0.29, 0.717) is 18.0 Å². The van der Waals surface area contributed by atoms with Crippen molar-refractivity contribution in [3.8, 4) is 0 Å². The average molecular weight is 395 g/mol. The molecule has 0 aliphatic carbocycles. The number of hydrogen-bond acceptors (Lipinski definition) is 2. The van der Waals surface area contributed by atoms with Gasteiger partial charge in [-0.15, -0.1) is 0 Å². The lowest BCUT2D eigenvalue weighted by Gasteiger charge is -2.41. The maximum absolute atomic E-state index is 3.94. The van der Waals surface area contributed by atoms with Gasteiger partial charge in [-0.25, -0.2) is 0 Å². The van der Waals surface area contributed by atoms with Gasteiger partial charge in [-0.3, -0.25) is 0 Å². The van der Waals surface area contributed by atoms with Crippen LogP contribution in [0.3, 0.4) is 0 Å². The zero-order valence-electron chi connectivity index (χ0n) is 17.9. The van der Waals surface area contributed by atoms with Crippen LogP contribution < -0.4 is 10.6 Å². The van der Waals surface area contributed by atoms with Crippen LogP contribution in [0.1, 0.15) is 44.7 Å². The van der Waals surface area contributed by atoms with Crippen molar-refractivity contribution >= 4 is 32.9 Å². The molecule has 5 rings (SSSR count). The summed E-state index contributed by atoms with van der Waals surface area (Å²) in [7, 11) is 0. The van der Waals surface area contributed by atoms with Crippen LogP contribution in [-0.4, -0.2) is 6.04 Å². The van der Waals surface area contributed by atoms with E-state index >= 15 is 0 Å². The molecule has 0 aromatic heterocycles. The summed E-state index contributed by atoms with van der Waals surface area (Å²) < 4.78 is 0. The van der Waals surface area contributed by atoms with E-state index in [2.05, 4.69) is 103 Å². The van der Waals surface area contributed by atoms with Gasteiger partial charge >= 0.3 is 0 Å². The zero-order chi connectivity index (χ0) is 20.5. The van der Waals surface area contributed by atoms with Gasteiger partial charge in [0.15, 0.2) is 0 Å². The first-order valence-corrected chi connectivity index (χ1v) is 11.3. The fourth-order valence-corrected chi connectivity index (χ4v) is 5.17. The van der Waals surface area contributed by atoms with E-state index < -0.39 is 0 Å². The van der Waals surface area contributed by atoms with Crippen LogP contribution in [-0.2, 0) is 0 Å². The predicted octanol–water partition coefficient (Wildman–Crippen LogP) is 7.77. The third kappa shape index (κ3) is 3.41. The highest BCUT2D eigenvalue weighted by Gasteiger charge is 2.35. The molecule has 4 aromatic carbocycles. The second-order valence-electron chi connectivity index (χ2n) is 8.58. The normalized spacial score (nSPS) is 20.7. The first-order valence-electron chi connectivity index (χ1n) is 11.3. The molecular weight excluding hydrogens is 364 g/mol. The van der Waals surface area contributed by atoms with Crippen LogP contribution in [0, 0.1) is 5.92 Å². The minimum Gasteiger partial charge on any atom is -0.382 e. The fraction of sp³-hybridized carbons (Fsp3) is 0.286. The number of hydrogen-bond donors (Lipinski definition) is 2. The Morgan fingerprint density at radius 1 is 0.767 bits per heavy atom. The van der Waals surface area contributed by atoms with Gasteiger partial charge in [0.05, 0.1) is 6.04 Å². The van der Waals surface area contributed by atoms with Crippen molar-refractivity contribution in [1.82, 2.24) is 0 Å². The Bertz CT molecular complexity index is 1180. The molecule has 1 heterocycles. The van der Waals surface area contributed by atoms with Crippen LogP contribution in [0.2, 0.25) is 0 Å². The van der Waals surface area contributed by atoms with Gasteiger partial charge in [0, 0.05) is 23.3 Å². The Kier molecular flexibility index (Phi) is 5.08. The predicted molar refractivity (Wildman–Crippen MR) is 130 cm³/mol. The molecule has 4 aromatic rings. The summed E-state index contributed by atoms with van der Waals surface area (Å²) in [6.07, 6.45) is 3.54. The van der Waals surface area contributed by atoms with Crippen molar-refractivity contribution in [3.63, 3.8) is 0 Å². The maximum atomic E-state index is 3.94. The number of nitrogens with one attached hydrogen (secondary N) is 2. The molecule has 0 saturated heterocycles. The van der Waals surface area contributed by atoms with Gasteiger partial charge in [-0.1, -0.05) is 74.9 Å². The van der Waals surface area contributed by atoms with E-state index in [4.69, 9.17) is 0 Å². The third-order valence-corrected chi connectivity index (χ3v) is 6.68. The molecule has 3 atom stereocenters. The number of anilines is 2. The van der Waals surface area contributed by atoms with Crippen LogP contribution in [0.25, 0.3) is 21.5 Å². The molecule has 0 amide bonds. The number of rotatable bonds is 5. The van der Waals surface area contributed by atoms with E-state index in [1.54, 1.807) is 0 Å². The molecule has 0 radical (unpaired) electrons. The van der Waals surface area contributed by atoms with E-state index in [9.17, 15) is 0 Å². The summed E-state index contributed by atoms with van der Waals surface area (Å²) in [6.45, 7) is 4.62. The lowest BCUT2D eigenvalue weighted by atomic mass is 9.78. The maximum Gasteiger partial charge on any atom is 0.0582 e. The largest absolute Gasteiger partial charge is 0.382 e. The molecule has 2 N–H and O–H groups in total. The van der Waals surface area contributed by atoms with E-state index in [0.717, 1.165) is 6.42 Å². The second kappa shape index (κ2) is 8.02. The van der Waals surface area contributed by atoms with Crippen molar-refractivity contribution in [2.75, 3.05) is 10.6 Å². The number of benzene rings is 4. The summed E-state index contributed by atoms with van der Waals surface area (Å²) in [6, 6.07) is 29.6. The van der Waals surface area contributed by atoms with Gasteiger partial charge < -0.3 is 10.6 Å². The third-order valence-electron chi connectivity index (χ3n) is 6.68. The monoisotopic (exact) mass is 394 g/mol. The Balaban J connectivity index is 1.60. The van der Waals surface area contributed by atoms with Gasteiger partial charge in [-0.05, 0) is 64.2 Å². The van der Waals surface area contributed by atoms with Crippen molar-refractivity contribution in [1.29, 1.82) is 0 Å². The topological polar surface area (TPSA) is 24.1 Å². The SMILES string of the molecule is CCC[C@H]1Nc2cc3ccccc3cc2[C@@H](Nc2ccc3ccccc3c2)[C@@H]1CC. The van der Waals surface area contributed by atoms with Crippen molar-refractivity contribution in [3.05, 3.63) is 84.4 Å². The van der Waals surface area contributed by atoms with E-state index in [1.165, 1.54) is 51.3 Å². The standard InChI is InChI=1S/C28H30N2/c1-3-9-26-24(4-2)28(29-23-15-14-19-10-5-6-11-20(19)16-23)25-17-21-12-7-8-13-22(21)18-27(25)30-26/h5-8,10-18,24,26,28-30H,3-4,9H2,1-2H3/t24-,26-,28+/m1/s1. The summed E-state index contributed by atoms with van der Waals surface area (Å²) in [5.74, 6) is 0.546. The van der Waals surface area contributed by atoms with Gasteiger partial charge in [0.1, 0.15) is 0 Å². The summed E-state index contributed by atoms with van der Waals surface area (Å²) in [5, 5.41) is 13.0. The minimum absolute atomic E-state index is 0.300. The van der Waals surface area contributed by atoms with Crippen LogP contribution in [0.15, 0.2) is 78.9 Å². The molecule has 2 heteroatoms. The smallest absolute Gasteiger partial charge is 0.0582 e. The van der Waals surface area contributed by atoms with Gasteiger partial charge in [0.25, 0.3) is 0 Å². The first kappa shape index (κ1) is 19.0. The molecule has 0 spiro atoms. The molecule has 0 bridgehead atoms. The molecule has 1 aliphatic rings. The van der Waals surface area contributed by atoms with Crippen molar-refractivity contribution in [2.24, 2.45) is 5.92 Å². The van der Waals surface area contributed by atoms with Crippen molar-refractivity contribution in [2.45, 2.75) is 45.2 Å². The van der Waals surface area contributed by atoms with E-state index in [1.807, 2.05) is 0 Å². The van der Waals surface area contributed by atoms with Crippen LogP contribution in [0.5, 0.6) is 0 Å². The Labute approximate surface area is 179 Å². The lowest BCUT2D eigenvalue weighted by molar-refractivity contribution is 0.349. The van der Waals surface area contributed by atoms with Gasteiger partial charge in [0.2, 0.25) is 0 Å². The highest BCUT2D eigenvalue weighted by molar-refractivity contribution is 5.89. The highest BCUT2D eigenvalue weighted by atomic mass is 15.0. The number of fused-ring (bicyclic) bond motifs is 3. The molecule has 152 valence electrons. The van der Waals surface area contributed by atoms with Crippen molar-refractivity contribution < 1.29 is 0 Å². The molecule has 2 nitrogen and oxygen atoms in total. The first-order chi connectivity index (χ1) is 14.8. The zero-order valence-corrected chi connectivity index (χ0v) is 17.9. The van der Waals surface area contributed by atoms with Gasteiger partial charge in [-0.2, -0.15) is 0 Å². The molecule has 30 heavy (non-hydrogen) atoms. The van der Waals surface area contributed by atoms with Crippen LogP contribution >= 0.6 is 0 Å². The summed E-state index contributed by atoms with van der Waals surface area (Å²) >= 11 is 0. The fourth-order valence-electron chi connectivity index (χ4n) is 5.17. The molecule has 0 saturated carbocycles. The molecule has 0 fully saturated rings. The lowest BCUT2D eigenvalue weighted by Crippen LogP contribution is -2.40. The average Bonchev–Trinajstić information content (AvgIpc) is 2.78. The minimum atomic E-state index is 0.300.